The fourth-order valence-electron chi connectivity index (χ4n) is 5.31. The van der Waals surface area contributed by atoms with E-state index in [9.17, 15) is 9.18 Å². The summed E-state index contributed by atoms with van der Waals surface area (Å²) >= 11 is 0. The van der Waals surface area contributed by atoms with E-state index in [1.807, 2.05) is 18.2 Å². The van der Waals surface area contributed by atoms with Gasteiger partial charge < -0.3 is 19.6 Å². The topological polar surface area (TPSA) is 64.9 Å². The van der Waals surface area contributed by atoms with Gasteiger partial charge in [0.2, 0.25) is 11.8 Å². The van der Waals surface area contributed by atoms with Crippen LogP contribution in [-0.4, -0.2) is 67.8 Å². The maximum absolute atomic E-state index is 13.1. The zero-order valence-electron chi connectivity index (χ0n) is 17.8. The summed E-state index contributed by atoms with van der Waals surface area (Å²) in [5, 5.41) is 7.07. The lowest BCUT2D eigenvalue weighted by Crippen LogP contribution is -2.47. The van der Waals surface area contributed by atoms with Gasteiger partial charge in [-0.25, -0.2) is 4.39 Å². The largest absolute Gasteiger partial charge is 0.369 e. The molecule has 3 aliphatic heterocycles. The summed E-state index contributed by atoms with van der Waals surface area (Å²) in [6.45, 7) is 6.56. The van der Waals surface area contributed by atoms with Crippen molar-refractivity contribution in [1.29, 1.82) is 0 Å². The second kappa shape index (κ2) is 8.49. The molecule has 2 aromatic rings. The summed E-state index contributed by atoms with van der Waals surface area (Å²) in [7, 11) is 0. The van der Waals surface area contributed by atoms with Crippen LogP contribution in [0, 0.1) is 11.2 Å². The number of amides is 1. The number of hydrogen-bond donors (Lipinski definition) is 1. The van der Waals surface area contributed by atoms with Gasteiger partial charge in [-0.1, -0.05) is 5.16 Å². The molecule has 1 atom stereocenters. The standard InChI is InChI=1S/C23H30FN5O2/c24-18-1-3-20(4-2-18)28-15-13-27(14-16-28)10-6-19-17-23(22(30)26-19)7-11-29(12-8-23)21-5-9-25-31-21/h1-5,9,19H,6-8,10-17H2,(H,26,30)/t19-/m0/s1. The Hall–Kier alpha value is -2.61. The van der Waals surface area contributed by atoms with Crippen LogP contribution in [0.1, 0.15) is 25.7 Å². The number of nitrogens with zero attached hydrogens (tertiary/aromatic N) is 4. The summed E-state index contributed by atoms with van der Waals surface area (Å²) in [5.74, 6) is 0.836. The number of rotatable bonds is 5. The van der Waals surface area contributed by atoms with Gasteiger partial charge in [-0.2, -0.15) is 0 Å². The Bertz CT molecular complexity index is 872. The Balaban J connectivity index is 1.08. The first-order valence-corrected chi connectivity index (χ1v) is 11.3. The first-order valence-electron chi connectivity index (χ1n) is 11.3. The van der Waals surface area contributed by atoms with E-state index in [0.29, 0.717) is 0 Å². The number of aromatic nitrogens is 1. The molecule has 0 saturated carbocycles. The van der Waals surface area contributed by atoms with Crippen LogP contribution in [0.25, 0.3) is 0 Å². The Morgan fingerprint density at radius 2 is 1.77 bits per heavy atom. The maximum atomic E-state index is 13.1. The molecule has 1 aromatic carbocycles. The third-order valence-electron chi connectivity index (χ3n) is 7.27. The van der Waals surface area contributed by atoms with Crippen molar-refractivity contribution in [3.05, 3.63) is 42.3 Å². The second-order valence-corrected chi connectivity index (χ2v) is 9.09. The molecule has 1 aromatic heterocycles. The normalized spacial score (nSPS) is 24.0. The van der Waals surface area contributed by atoms with Gasteiger partial charge in [-0.15, -0.1) is 0 Å². The molecule has 4 heterocycles. The molecule has 166 valence electrons. The van der Waals surface area contributed by atoms with Gasteiger partial charge in [0.05, 0.1) is 11.6 Å². The molecule has 3 aliphatic rings. The van der Waals surface area contributed by atoms with E-state index >= 15 is 0 Å². The molecule has 3 fully saturated rings. The van der Waals surface area contributed by atoms with Crippen molar-refractivity contribution in [2.24, 2.45) is 5.41 Å². The number of halogens is 1. The molecule has 0 aliphatic carbocycles. The van der Waals surface area contributed by atoms with Gasteiger partial charge in [0, 0.05) is 63.6 Å². The van der Waals surface area contributed by atoms with Gasteiger partial charge >= 0.3 is 0 Å². The van der Waals surface area contributed by atoms with Crippen LogP contribution in [0.3, 0.4) is 0 Å². The number of piperidine rings is 1. The van der Waals surface area contributed by atoms with Gasteiger partial charge in [-0.05, 0) is 49.9 Å². The predicted octanol–water partition coefficient (Wildman–Crippen LogP) is 2.50. The van der Waals surface area contributed by atoms with Crippen molar-refractivity contribution in [3.8, 4) is 0 Å². The SMILES string of the molecule is O=C1N[C@@H](CCN2CCN(c3ccc(F)cc3)CC2)CC12CCN(c1ccno1)CC2. The van der Waals surface area contributed by atoms with E-state index in [4.69, 9.17) is 4.52 Å². The summed E-state index contributed by atoms with van der Waals surface area (Å²) in [6.07, 6.45) is 5.33. The van der Waals surface area contributed by atoms with Crippen LogP contribution in [-0.2, 0) is 4.79 Å². The molecular formula is C23H30FN5O2. The van der Waals surface area contributed by atoms with Crippen LogP contribution in [0.4, 0.5) is 16.0 Å². The summed E-state index contributed by atoms with van der Waals surface area (Å²) in [5.41, 5.74) is 0.866. The Morgan fingerprint density at radius 3 is 2.45 bits per heavy atom. The lowest BCUT2D eigenvalue weighted by atomic mass is 9.75. The Morgan fingerprint density at radius 1 is 1.03 bits per heavy atom. The third kappa shape index (κ3) is 4.26. The Kier molecular flexibility index (Phi) is 5.56. The van der Waals surface area contributed by atoms with Crippen molar-refractivity contribution in [2.75, 3.05) is 55.6 Å². The summed E-state index contributed by atoms with van der Waals surface area (Å²) in [4.78, 5) is 19.8. The number of piperazine rings is 1. The highest BCUT2D eigenvalue weighted by Gasteiger charge is 2.48. The Labute approximate surface area is 182 Å². The lowest BCUT2D eigenvalue weighted by Gasteiger charge is -2.37. The summed E-state index contributed by atoms with van der Waals surface area (Å²) < 4.78 is 18.4. The third-order valence-corrected chi connectivity index (χ3v) is 7.27. The molecule has 1 amide bonds. The quantitative estimate of drug-likeness (QED) is 0.791. The molecule has 8 heteroatoms. The van der Waals surface area contributed by atoms with Gasteiger partial charge in [0.25, 0.3) is 0 Å². The number of hydrogen-bond acceptors (Lipinski definition) is 6. The maximum Gasteiger partial charge on any atom is 0.227 e. The number of carbonyl (C=O) groups is 1. The van der Waals surface area contributed by atoms with E-state index in [2.05, 4.69) is 25.2 Å². The van der Waals surface area contributed by atoms with Crippen molar-refractivity contribution < 1.29 is 13.7 Å². The number of anilines is 2. The molecule has 0 bridgehead atoms. The highest BCUT2D eigenvalue weighted by atomic mass is 19.1. The zero-order chi connectivity index (χ0) is 21.3. The van der Waals surface area contributed by atoms with Crippen LogP contribution >= 0.6 is 0 Å². The number of carbonyl (C=O) groups excluding carboxylic acids is 1. The monoisotopic (exact) mass is 427 g/mol. The van der Waals surface area contributed by atoms with Crippen LogP contribution in [0.15, 0.2) is 41.1 Å². The highest BCUT2D eigenvalue weighted by Crippen LogP contribution is 2.42. The van der Waals surface area contributed by atoms with Crippen LogP contribution < -0.4 is 15.1 Å². The molecule has 1 N–H and O–H groups in total. The minimum absolute atomic E-state index is 0.192. The van der Waals surface area contributed by atoms with E-state index in [-0.39, 0.29) is 23.2 Å². The smallest absolute Gasteiger partial charge is 0.227 e. The van der Waals surface area contributed by atoms with Crippen molar-refractivity contribution in [1.82, 2.24) is 15.4 Å². The van der Waals surface area contributed by atoms with Crippen molar-refractivity contribution >= 4 is 17.5 Å². The molecular weight excluding hydrogens is 397 g/mol. The lowest BCUT2D eigenvalue weighted by molar-refractivity contribution is -0.128. The molecule has 1 spiro atoms. The minimum Gasteiger partial charge on any atom is -0.369 e. The average molecular weight is 428 g/mol. The first-order chi connectivity index (χ1) is 15.1. The average Bonchev–Trinajstić information content (AvgIpc) is 3.43. The predicted molar refractivity (Wildman–Crippen MR) is 117 cm³/mol. The van der Waals surface area contributed by atoms with Gasteiger partial charge in [0.15, 0.2) is 0 Å². The molecule has 5 rings (SSSR count). The van der Waals surface area contributed by atoms with Crippen LogP contribution in [0.2, 0.25) is 0 Å². The minimum atomic E-state index is -0.220. The molecule has 7 nitrogen and oxygen atoms in total. The van der Waals surface area contributed by atoms with Crippen molar-refractivity contribution in [2.45, 2.75) is 31.7 Å². The highest BCUT2D eigenvalue weighted by molar-refractivity contribution is 5.85. The molecule has 3 saturated heterocycles. The van der Waals surface area contributed by atoms with Crippen LogP contribution in [0.5, 0.6) is 0 Å². The molecule has 0 unspecified atom stereocenters. The fourth-order valence-corrected chi connectivity index (χ4v) is 5.31. The number of benzene rings is 1. The fraction of sp³-hybridized carbons (Fsp3) is 0.565. The van der Waals surface area contributed by atoms with E-state index in [0.717, 1.165) is 83.1 Å². The van der Waals surface area contributed by atoms with E-state index < -0.39 is 0 Å². The molecule has 0 radical (unpaired) electrons. The van der Waals surface area contributed by atoms with E-state index in [1.54, 1.807) is 6.20 Å². The summed E-state index contributed by atoms with van der Waals surface area (Å²) in [6, 6.07) is 8.90. The first kappa shape index (κ1) is 20.3. The number of nitrogens with one attached hydrogen (secondary N) is 1. The van der Waals surface area contributed by atoms with Gasteiger partial charge in [-0.3, -0.25) is 9.69 Å². The van der Waals surface area contributed by atoms with Gasteiger partial charge in [0.1, 0.15) is 5.82 Å². The molecule has 31 heavy (non-hydrogen) atoms. The zero-order valence-corrected chi connectivity index (χ0v) is 17.8. The van der Waals surface area contributed by atoms with E-state index in [1.165, 1.54) is 12.1 Å². The van der Waals surface area contributed by atoms with Crippen molar-refractivity contribution in [3.63, 3.8) is 0 Å². The second-order valence-electron chi connectivity index (χ2n) is 9.09.